The van der Waals surface area contributed by atoms with E-state index < -0.39 is 0 Å². The third-order valence-corrected chi connectivity index (χ3v) is 6.95. The minimum absolute atomic E-state index is 0.203. The number of fused-ring (bicyclic) bond motifs is 7. The molecule has 0 amide bonds. The molecule has 6 aromatic rings. The summed E-state index contributed by atoms with van der Waals surface area (Å²) in [5.41, 5.74) is 9.93. The Morgan fingerprint density at radius 2 is 1.35 bits per heavy atom. The highest BCUT2D eigenvalue weighted by atomic mass is 16.3. The summed E-state index contributed by atoms with van der Waals surface area (Å²) in [5, 5.41) is 4.53. The highest BCUT2D eigenvalue weighted by molar-refractivity contribution is 6.29. The fourth-order valence-electron chi connectivity index (χ4n) is 5.45. The van der Waals surface area contributed by atoms with Crippen molar-refractivity contribution >= 4 is 43.9 Å². The van der Waals surface area contributed by atoms with Crippen LogP contribution in [0.25, 0.3) is 55.1 Å². The molecule has 0 aliphatic carbocycles. The molecule has 0 unspecified atom stereocenters. The maximum absolute atomic E-state index is 6.62. The van der Waals surface area contributed by atoms with E-state index in [0.717, 1.165) is 67.1 Å². The van der Waals surface area contributed by atoms with E-state index in [9.17, 15) is 0 Å². The third-order valence-electron chi connectivity index (χ3n) is 6.95. The maximum Gasteiger partial charge on any atom is 0.216 e. The van der Waals surface area contributed by atoms with Crippen LogP contribution in [0.1, 0.15) is 37.5 Å². The molecule has 6 rings (SSSR count). The molecule has 0 saturated carbocycles. The predicted molar refractivity (Wildman–Crippen MR) is 140 cm³/mol. The van der Waals surface area contributed by atoms with Crippen molar-refractivity contribution < 1.29 is 13.4 Å². The molecule has 0 aliphatic heterocycles. The second-order valence-corrected chi connectivity index (χ2v) is 10.8. The normalized spacial score (nSPS) is 12.5. The first-order chi connectivity index (χ1) is 16.2. The van der Waals surface area contributed by atoms with Gasteiger partial charge in [0.15, 0.2) is 11.8 Å². The predicted octanol–water partition coefficient (Wildman–Crippen LogP) is 8.18. The van der Waals surface area contributed by atoms with Gasteiger partial charge in [0, 0.05) is 38.7 Å². The molecular formula is C31H30NO2+. The van der Waals surface area contributed by atoms with Crippen LogP contribution in [0.3, 0.4) is 0 Å². The first-order valence-corrected chi connectivity index (χ1v) is 12.0. The molecule has 3 nitrogen and oxygen atoms in total. The first-order valence-electron chi connectivity index (χ1n) is 12.0. The van der Waals surface area contributed by atoms with Gasteiger partial charge in [0.1, 0.15) is 23.8 Å². The van der Waals surface area contributed by atoms with Crippen LogP contribution in [0.15, 0.2) is 69.6 Å². The standard InChI is InChI=1S/C31H30NO2/c1-18-17-32(6)23(15-20(18)16-31(3,4)5)26-19(2)29-27(21-11-7-9-13-24(21)33-29)28-22-12-8-10-14-25(22)34-30(26)28/h7-15,17H,16H2,1-6H3/q+1. The van der Waals surface area contributed by atoms with Crippen LogP contribution in [0, 0.1) is 19.3 Å². The highest BCUT2D eigenvalue weighted by Gasteiger charge is 2.28. The highest BCUT2D eigenvalue weighted by Crippen LogP contribution is 2.46. The molecule has 3 heterocycles. The van der Waals surface area contributed by atoms with Crippen molar-refractivity contribution in [3.8, 4) is 11.3 Å². The lowest BCUT2D eigenvalue weighted by molar-refractivity contribution is -0.660. The second-order valence-electron chi connectivity index (χ2n) is 10.8. The largest absolute Gasteiger partial charge is 0.456 e. The van der Waals surface area contributed by atoms with E-state index in [-0.39, 0.29) is 5.41 Å². The van der Waals surface area contributed by atoms with Gasteiger partial charge in [0.05, 0.1) is 5.56 Å². The van der Waals surface area contributed by atoms with Crippen molar-refractivity contribution in [3.63, 3.8) is 0 Å². The van der Waals surface area contributed by atoms with Crippen LogP contribution in [-0.2, 0) is 13.5 Å². The zero-order valence-corrected chi connectivity index (χ0v) is 20.7. The van der Waals surface area contributed by atoms with Gasteiger partial charge in [-0.05, 0) is 43.4 Å². The van der Waals surface area contributed by atoms with Gasteiger partial charge in [0.25, 0.3) is 0 Å². The SMILES string of the molecule is Cc1c[n+](C)c(-c2c(C)c3oc4ccccc4c3c3c2oc2ccccc23)cc1CC(C)(C)C. The molecule has 3 heteroatoms. The van der Waals surface area contributed by atoms with Crippen LogP contribution >= 0.6 is 0 Å². The quantitative estimate of drug-likeness (QED) is 0.250. The van der Waals surface area contributed by atoms with Gasteiger partial charge >= 0.3 is 0 Å². The lowest BCUT2D eigenvalue weighted by Crippen LogP contribution is -2.32. The van der Waals surface area contributed by atoms with Crippen molar-refractivity contribution in [2.75, 3.05) is 0 Å². The topological polar surface area (TPSA) is 30.2 Å². The molecule has 0 saturated heterocycles. The Morgan fingerprint density at radius 3 is 1.97 bits per heavy atom. The van der Waals surface area contributed by atoms with E-state index in [2.05, 4.69) is 94.9 Å². The molecule has 0 N–H and O–H groups in total. The van der Waals surface area contributed by atoms with Crippen molar-refractivity contribution in [2.24, 2.45) is 12.5 Å². The van der Waals surface area contributed by atoms with Crippen molar-refractivity contribution in [1.82, 2.24) is 0 Å². The van der Waals surface area contributed by atoms with Crippen LogP contribution in [-0.4, -0.2) is 0 Å². The van der Waals surface area contributed by atoms with Gasteiger partial charge in [-0.15, -0.1) is 0 Å². The smallest absolute Gasteiger partial charge is 0.216 e. The van der Waals surface area contributed by atoms with Crippen molar-refractivity contribution in [1.29, 1.82) is 0 Å². The summed E-state index contributed by atoms with van der Waals surface area (Å²) in [7, 11) is 2.12. The summed E-state index contributed by atoms with van der Waals surface area (Å²) < 4.78 is 15.3. The average molecular weight is 449 g/mol. The number of hydrogen-bond acceptors (Lipinski definition) is 2. The molecule has 3 aromatic carbocycles. The monoisotopic (exact) mass is 448 g/mol. The maximum atomic E-state index is 6.62. The van der Waals surface area contributed by atoms with E-state index >= 15 is 0 Å². The van der Waals surface area contributed by atoms with Gasteiger partial charge in [-0.25, -0.2) is 4.57 Å². The Kier molecular flexibility index (Phi) is 4.44. The Balaban J connectivity index is 1.80. The lowest BCUT2D eigenvalue weighted by Gasteiger charge is -2.19. The van der Waals surface area contributed by atoms with Gasteiger partial charge < -0.3 is 8.83 Å². The molecule has 0 bridgehead atoms. The molecule has 34 heavy (non-hydrogen) atoms. The zero-order valence-electron chi connectivity index (χ0n) is 20.7. The summed E-state index contributed by atoms with van der Waals surface area (Å²) in [6.45, 7) is 11.2. The number of hydrogen-bond donors (Lipinski definition) is 0. The number of benzene rings is 3. The van der Waals surface area contributed by atoms with Crippen molar-refractivity contribution in [2.45, 2.75) is 41.0 Å². The third kappa shape index (κ3) is 3.07. The van der Waals surface area contributed by atoms with E-state index in [1.807, 2.05) is 12.1 Å². The van der Waals surface area contributed by atoms with Crippen LogP contribution in [0.4, 0.5) is 0 Å². The summed E-state index contributed by atoms with van der Waals surface area (Å²) in [6, 6.07) is 19.0. The summed E-state index contributed by atoms with van der Waals surface area (Å²) >= 11 is 0. The van der Waals surface area contributed by atoms with E-state index in [0.29, 0.717) is 0 Å². The number of pyridine rings is 1. The molecular weight excluding hydrogens is 418 g/mol. The second kappa shape index (κ2) is 7.20. The molecule has 0 radical (unpaired) electrons. The molecule has 0 spiro atoms. The molecule has 0 fully saturated rings. The summed E-state index contributed by atoms with van der Waals surface area (Å²) in [4.78, 5) is 0. The minimum atomic E-state index is 0.203. The Bertz CT molecular complexity index is 1740. The van der Waals surface area contributed by atoms with Gasteiger partial charge in [0.2, 0.25) is 5.69 Å². The Morgan fingerprint density at radius 1 is 0.794 bits per heavy atom. The van der Waals surface area contributed by atoms with Crippen molar-refractivity contribution in [3.05, 3.63) is 77.5 Å². The first kappa shape index (κ1) is 21.0. The number of nitrogens with zero attached hydrogens (tertiary/aromatic N) is 1. The van der Waals surface area contributed by atoms with Gasteiger partial charge in [-0.2, -0.15) is 0 Å². The van der Waals surface area contributed by atoms with Gasteiger partial charge in [-0.1, -0.05) is 57.2 Å². The molecule has 0 aliphatic rings. The molecule has 3 aromatic heterocycles. The van der Waals surface area contributed by atoms with Crippen LogP contribution in [0.2, 0.25) is 0 Å². The number of para-hydroxylation sites is 2. The zero-order chi connectivity index (χ0) is 23.8. The number of aryl methyl sites for hydroxylation is 3. The van der Waals surface area contributed by atoms with E-state index in [4.69, 9.17) is 8.83 Å². The molecule has 170 valence electrons. The van der Waals surface area contributed by atoms with Crippen LogP contribution in [0.5, 0.6) is 0 Å². The molecule has 0 atom stereocenters. The Labute approximate surface area is 199 Å². The fourth-order valence-corrected chi connectivity index (χ4v) is 5.45. The van der Waals surface area contributed by atoms with E-state index in [1.54, 1.807) is 0 Å². The fraction of sp³-hybridized carbons (Fsp3) is 0.258. The minimum Gasteiger partial charge on any atom is -0.456 e. The van der Waals surface area contributed by atoms with E-state index in [1.165, 1.54) is 11.1 Å². The Hall–Kier alpha value is -3.59. The van der Waals surface area contributed by atoms with Gasteiger partial charge in [-0.3, -0.25) is 0 Å². The number of rotatable bonds is 2. The lowest BCUT2D eigenvalue weighted by atomic mass is 9.86. The summed E-state index contributed by atoms with van der Waals surface area (Å²) in [5.74, 6) is 0. The summed E-state index contributed by atoms with van der Waals surface area (Å²) in [6.07, 6.45) is 3.26. The average Bonchev–Trinajstić information content (AvgIpc) is 3.34. The number of aromatic nitrogens is 1. The number of furan rings is 2. The van der Waals surface area contributed by atoms with Crippen LogP contribution < -0.4 is 4.57 Å².